The standard InChI is InChI=1S/C10H12N4O2S2/c15-14(16)9-8(11-7-2-1-4-17-6-7)12-10-13(9)3-5-18-10/h3,5,7,11H,1-2,4,6H2. The van der Waals surface area contributed by atoms with Crippen molar-refractivity contribution in [2.75, 3.05) is 16.8 Å². The summed E-state index contributed by atoms with van der Waals surface area (Å²) in [6.45, 7) is 0. The second-order valence-electron chi connectivity index (χ2n) is 4.16. The van der Waals surface area contributed by atoms with Gasteiger partial charge >= 0.3 is 5.82 Å². The SMILES string of the molecule is O=[N+]([O-])c1c(NC2CCCSC2)nc2sccn12. The summed E-state index contributed by atoms with van der Waals surface area (Å²) >= 11 is 3.29. The van der Waals surface area contributed by atoms with Crippen LogP contribution in [0.2, 0.25) is 0 Å². The number of nitrogens with zero attached hydrogens (tertiary/aromatic N) is 3. The Morgan fingerprint density at radius 1 is 1.61 bits per heavy atom. The van der Waals surface area contributed by atoms with Gasteiger partial charge in [-0.2, -0.15) is 21.1 Å². The Kier molecular flexibility index (Phi) is 3.13. The van der Waals surface area contributed by atoms with E-state index in [1.165, 1.54) is 21.5 Å². The molecule has 0 bridgehead atoms. The van der Waals surface area contributed by atoms with Crippen LogP contribution in [0.4, 0.5) is 11.6 Å². The molecule has 1 aliphatic rings. The summed E-state index contributed by atoms with van der Waals surface area (Å²) in [6, 6.07) is 0.284. The molecule has 96 valence electrons. The normalized spacial score (nSPS) is 20.1. The molecule has 0 spiro atoms. The van der Waals surface area contributed by atoms with E-state index in [0.29, 0.717) is 10.8 Å². The number of hydrogen-bond acceptors (Lipinski definition) is 6. The van der Waals surface area contributed by atoms with Gasteiger partial charge in [-0.05, 0) is 23.5 Å². The monoisotopic (exact) mass is 284 g/mol. The maximum Gasteiger partial charge on any atom is 0.372 e. The summed E-state index contributed by atoms with van der Waals surface area (Å²) in [7, 11) is 0. The van der Waals surface area contributed by atoms with Crippen LogP contribution in [0.3, 0.4) is 0 Å². The number of nitrogens with one attached hydrogen (secondary N) is 1. The Balaban J connectivity index is 1.92. The largest absolute Gasteiger partial charge is 0.372 e. The Morgan fingerprint density at radius 2 is 2.50 bits per heavy atom. The lowest BCUT2D eigenvalue weighted by atomic mass is 10.2. The molecule has 8 heteroatoms. The van der Waals surface area contributed by atoms with E-state index in [-0.39, 0.29) is 16.8 Å². The highest BCUT2D eigenvalue weighted by atomic mass is 32.2. The molecular weight excluding hydrogens is 272 g/mol. The minimum atomic E-state index is -0.370. The van der Waals surface area contributed by atoms with Gasteiger partial charge in [0.2, 0.25) is 5.82 Å². The number of thiazole rings is 1. The average molecular weight is 284 g/mol. The molecular formula is C10H12N4O2S2. The van der Waals surface area contributed by atoms with Crippen LogP contribution < -0.4 is 5.32 Å². The number of thioether (sulfide) groups is 1. The smallest absolute Gasteiger partial charge is 0.359 e. The lowest BCUT2D eigenvalue weighted by molar-refractivity contribution is -0.389. The fourth-order valence-corrected chi connectivity index (χ4v) is 3.87. The summed E-state index contributed by atoms with van der Waals surface area (Å²) in [4.78, 5) is 15.7. The van der Waals surface area contributed by atoms with Gasteiger partial charge in [0.1, 0.15) is 6.20 Å². The number of fused-ring (bicyclic) bond motifs is 1. The molecule has 1 unspecified atom stereocenters. The summed E-state index contributed by atoms with van der Waals surface area (Å²) in [5.41, 5.74) is 0. The van der Waals surface area contributed by atoms with Gasteiger partial charge in [-0.1, -0.05) is 11.3 Å². The van der Waals surface area contributed by atoms with E-state index in [9.17, 15) is 10.1 Å². The number of anilines is 1. The highest BCUT2D eigenvalue weighted by Gasteiger charge is 2.26. The van der Waals surface area contributed by atoms with Crippen molar-refractivity contribution in [1.82, 2.24) is 9.38 Å². The quantitative estimate of drug-likeness (QED) is 0.693. The zero-order valence-electron chi connectivity index (χ0n) is 9.54. The fraction of sp³-hybridized carbons (Fsp3) is 0.500. The fourth-order valence-electron chi connectivity index (χ4n) is 2.09. The number of aromatic nitrogens is 2. The highest BCUT2D eigenvalue weighted by Crippen LogP contribution is 2.30. The first-order valence-corrected chi connectivity index (χ1v) is 7.73. The second kappa shape index (κ2) is 4.77. The molecule has 3 heterocycles. The molecule has 1 N–H and O–H groups in total. The summed E-state index contributed by atoms with van der Waals surface area (Å²) in [6.07, 6.45) is 3.89. The number of imidazole rings is 1. The first kappa shape index (κ1) is 11.8. The molecule has 1 aliphatic heterocycles. The first-order valence-electron chi connectivity index (χ1n) is 5.70. The summed E-state index contributed by atoms with van der Waals surface area (Å²) in [5.74, 6) is 2.61. The van der Waals surface area contributed by atoms with Crippen LogP contribution in [-0.4, -0.2) is 31.9 Å². The van der Waals surface area contributed by atoms with Crippen LogP contribution in [-0.2, 0) is 0 Å². The lowest BCUT2D eigenvalue weighted by Crippen LogP contribution is -2.26. The number of nitro groups is 1. The lowest BCUT2D eigenvalue weighted by Gasteiger charge is -2.21. The molecule has 18 heavy (non-hydrogen) atoms. The molecule has 0 aliphatic carbocycles. The van der Waals surface area contributed by atoms with Crippen molar-refractivity contribution in [3.8, 4) is 0 Å². The van der Waals surface area contributed by atoms with Crippen molar-refractivity contribution in [2.24, 2.45) is 0 Å². The van der Waals surface area contributed by atoms with E-state index < -0.39 is 0 Å². The molecule has 0 radical (unpaired) electrons. The summed E-state index contributed by atoms with van der Waals surface area (Å²) < 4.78 is 1.53. The van der Waals surface area contributed by atoms with Crippen molar-refractivity contribution < 1.29 is 4.92 Å². The molecule has 2 aromatic heterocycles. The zero-order valence-corrected chi connectivity index (χ0v) is 11.2. The molecule has 6 nitrogen and oxygen atoms in total. The van der Waals surface area contributed by atoms with E-state index >= 15 is 0 Å². The highest BCUT2D eigenvalue weighted by molar-refractivity contribution is 7.99. The van der Waals surface area contributed by atoms with Gasteiger partial charge in [-0.25, -0.2) is 0 Å². The van der Waals surface area contributed by atoms with Gasteiger partial charge in [0.05, 0.1) is 0 Å². The van der Waals surface area contributed by atoms with Crippen molar-refractivity contribution in [2.45, 2.75) is 18.9 Å². The van der Waals surface area contributed by atoms with E-state index in [1.807, 2.05) is 11.8 Å². The third kappa shape index (κ3) is 2.05. The van der Waals surface area contributed by atoms with Crippen LogP contribution in [0, 0.1) is 10.1 Å². The van der Waals surface area contributed by atoms with Gasteiger partial charge in [0.15, 0.2) is 0 Å². The molecule has 0 aromatic carbocycles. The molecule has 1 fully saturated rings. The molecule has 3 rings (SSSR count). The summed E-state index contributed by atoms with van der Waals surface area (Å²) in [5, 5.41) is 16.2. The van der Waals surface area contributed by atoms with Gasteiger partial charge in [-0.3, -0.25) is 0 Å². The van der Waals surface area contributed by atoms with Crippen molar-refractivity contribution in [1.29, 1.82) is 0 Å². The third-order valence-electron chi connectivity index (χ3n) is 2.91. The minimum Gasteiger partial charge on any atom is -0.359 e. The maximum absolute atomic E-state index is 11.1. The Hall–Kier alpha value is -1.28. The first-order chi connectivity index (χ1) is 8.75. The Labute approximate surface area is 112 Å². The molecule has 0 amide bonds. The van der Waals surface area contributed by atoms with Crippen molar-refractivity contribution in [3.05, 3.63) is 21.7 Å². The predicted molar refractivity (Wildman–Crippen MR) is 73.7 cm³/mol. The van der Waals surface area contributed by atoms with Crippen LogP contribution in [0.15, 0.2) is 11.6 Å². The van der Waals surface area contributed by atoms with Gasteiger partial charge in [0.25, 0.3) is 4.96 Å². The van der Waals surface area contributed by atoms with Crippen LogP contribution in [0.25, 0.3) is 4.96 Å². The maximum atomic E-state index is 11.1. The molecule has 1 atom stereocenters. The van der Waals surface area contributed by atoms with E-state index in [1.54, 1.807) is 11.6 Å². The topological polar surface area (TPSA) is 72.5 Å². The third-order valence-corrected chi connectivity index (χ3v) is 4.88. The predicted octanol–water partition coefficient (Wildman–Crippen LogP) is 2.61. The van der Waals surface area contributed by atoms with Crippen LogP contribution >= 0.6 is 23.1 Å². The molecule has 0 saturated carbocycles. The Bertz CT molecular complexity index is 573. The van der Waals surface area contributed by atoms with E-state index in [2.05, 4.69) is 10.3 Å². The molecule has 2 aromatic rings. The van der Waals surface area contributed by atoms with E-state index in [0.717, 1.165) is 18.6 Å². The second-order valence-corrected chi connectivity index (χ2v) is 6.18. The van der Waals surface area contributed by atoms with Crippen LogP contribution in [0.5, 0.6) is 0 Å². The van der Waals surface area contributed by atoms with Gasteiger partial charge in [0, 0.05) is 17.2 Å². The van der Waals surface area contributed by atoms with Crippen molar-refractivity contribution >= 4 is 39.7 Å². The van der Waals surface area contributed by atoms with Gasteiger partial charge < -0.3 is 15.4 Å². The van der Waals surface area contributed by atoms with Crippen molar-refractivity contribution in [3.63, 3.8) is 0 Å². The van der Waals surface area contributed by atoms with Gasteiger partial charge in [-0.15, -0.1) is 0 Å². The van der Waals surface area contributed by atoms with Crippen LogP contribution in [0.1, 0.15) is 12.8 Å². The average Bonchev–Trinajstić information content (AvgIpc) is 2.89. The number of hydrogen-bond donors (Lipinski definition) is 1. The van der Waals surface area contributed by atoms with E-state index in [4.69, 9.17) is 0 Å². The zero-order chi connectivity index (χ0) is 12.5. The Morgan fingerprint density at radius 3 is 3.22 bits per heavy atom. The number of rotatable bonds is 3. The molecule has 1 saturated heterocycles. The minimum absolute atomic E-state index is 0.0434.